The quantitative estimate of drug-likeness (QED) is 0.552. The molecule has 0 spiro atoms. The van der Waals surface area contributed by atoms with E-state index in [0.717, 1.165) is 25.7 Å². The molecular weight excluding hydrogens is 415 g/mol. The van der Waals surface area contributed by atoms with Gasteiger partial charge in [-0.1, -0.05) is 42.5 Å². The maximum atomic E-state index is 14.5. The van der Waals surface area contributed by atoms with Crippen LogP contribution in [0.1, 0.15) is 39.9 Å². The fraction of sp³-hybridized carbons (Fsp3) is 0.321. The van der Waals surface area contributed by atoms with Crippen molar-refractivity contribution in [1.29, 1.82) is 0 Å². The van der Waals surface area contributed by atoms with E-state index in [9.17, 15) is 14.3 Å². The van der Waals surface area contributed by atoms with E-state index < -0.39 is 0 Å². The van der Waals surface area contributed by atoms with Crippen LogP contribution >= 0.6 is 0 Å². The largest absolute Gasteiger partial charge is 0.508 e. The number of rotatable bonds is 7. The standard InChI is InChI=1S/C28H31FN2O2/c1-30(2)28(33)22-11-7-20(8-12-22)17-24-13-14-25(18-21-9-15-26(32)16-10-21)31(24)19-23-5-3-4-6-27(23)29/h3-12,15-16,24-25,32H,13-14,17-19H2,1-2H3/t24-,25+/m0/s1. The third-order valence-electron chi connectivity index (χ3n) is 6.57. The van der Waals surface area contributed by atoms with Gasteiger partial charge in [-0.3, -0.25) is 9.69 Å². The Morgan fingerprint density at radius 3 is 2.00 bits per heavy atom. The van der Waals surface area contributed by atoms with Gasteiger partial charge >= 0.3 is 0 Å². The summed E-state index contributed by atoms with van der Waals surface area (Å²) in [7, 11) is 3.51. The molecule has 0 radical (unpaired) electrons. The zero-order valence-electron chi connectivity index (χ0n) is 19.2. The maximum absolute atomic E-state index is 14.5. The highest BCUT2D eigenvalue weighted by atomic mass is 19.1. The van der Waals surface area contributed by atoms with Crippen LogP contribution in [0.5, 0.6) is 5.75 Å². The van der Waals surface area contributed by atoms with Gasteiger partial charge in [0.2, 0.25) is 0 Å². The second-order valence-corrected chi connectivity index (χ2v) is 9.12. The fourth-order valence-electron chi connectivity index (χ4n) is 4.75. The minimum Gasteiger partial charge on any atom is -0.508 e. The predicted molar refractivity (Wildman–Crippen MR) is 129 cm³/mol. The lowest BCUT2D eigenvalue weighted by molar-refractivity contribution is 0.0827. The molecule has 1 amide bonds. The molecule has 3 aromatic carbocycles. The topological polar surface area (TPSA) is 43.8 Å². The number of nitrogens with zero attached hydrogens (tertiary/aromatic N) is 2. The summed E-state index contributed by atoms with van der Waals surface area (Å²) in [5.41, 5.74) is 3.75. The van der Waals surface area contributed by atoms with Gasteiger partial charge in [0.1, 0.15) is 11.6 Å². The van der Waals surface area contributed by atoms with Crippen molar-refractivity contribution < 1.29 is 14.3 Å². The fourth-order valence-corrected chi connectivity index (χ4v) is 4.75. The third kappa shape index (κ3) is 5.60. The summed E-state index contributed by atoms with van der Waals surface area (Å²) in [4.78, 5) is 16.2. The van der Waals surface area contributed by atoms with Crippen molar-refractivity contribution in [2.45, 2.75) is 44.3 Å². The second kappa shape index (κ2) is 10.2. The summed E-state index contributed by atoms with van der Waals surface area (Å²) >= 11 is 0. The van der Waals surface area contributed by atoms with Gasteiger partial charge in [-0.05, 0) is 67.1 Å². The molecule has 172 valence electrons. The monoisotopic (exact) mass is 446 g/mol. The van der Waals surface area contributed by atoms with E-state index in [0.29, 0.717) is 29.8 Å². The molecule has 1 fully saturated rings. The van der Waals surface area contributed by atoms with Crippen LogP contribution in [0.3, 0.4) is 0 Å². The van der Waals surface area contributed by atoms with Crippen molar-refractivity contribution >= 4 is 5.91 Å². The molecule has 0 aromatic heterocycles. The van der Waals surface area contributed by atoms with Crippen LogP contribution < -0.4 is 0 Å². The number of hydrogen-bond donors (Lipinski definition) is 1. The smallest absolute Gasteiger partial charge is 0.253 e. The van der Waals surface area contributed by atoms with Crippen molar-refractivity contribution in [2.24, 2.45) is 0 Å². The SMILES string of the molecule is CN(C)C(=O)c1ccc(C[C@@H]2CC[C@H](Cc3ccc(O)cc3)N2Cc2ccccc2F)cc1. The molecule has 2 atom stereocenters. The molecule has 33 heavy (non-hydrogen) atoms. The molecule has 1 aliphatic heterocycles. The van der Waals surface area contributed by atoms with E-state index in [1.54, 1.807) is 37.2 Å². The zero-order valence-corrected chi connectivity index (χ0v) is 19.2. The Kier molecular flexibility index (Phi) is 7.09. The highest BCUT2D eigenvalue weighted by Crippen LogP contribution is 2.31. The lowest BCUT2D eigenvalue weighted by atomic mass is 10.0. The molecule has 1 N–H and O–H groups in total. The number of hydrogen-bond acceptors (Lipinski definition) is 3. The van der Waals surface area contributed by atoms with Crippen LogP contribution in [0.15, 0.2) is 72.8 Å². The first-order valence-corrected chi connectivity index (χ1v) is 11.5. The first kappa shape index (κ1) is 23.0. The lowest BCUT2D eigenvalue weighted by Crippen LogP contribution is -2.38. The average molecular weight is 447 g/mol. The molecule has 1 aliphatic rings. The first-order valence-electron chi connectivity index (χ1n) is 11.5. The van der Waals surface area contributed by atoms with E-state index in [1.165, 1.54) is 17.2 Å². The molecule has 1 saturated heterocycles. The Hall–Kier alpha value is -3.18. The summed E-state index contributed by atoms with van der Waals surface area (Å²) in [5, 5.41) is 9.61. The van der Waals surface area contributed by atoms with Gasteiger partial charge in [-0.25, -0.2) is 4.39 Å². The van der Waals surface area contributed by atoms with Gasteiger partial charge in [-0.2, -0.15) is 0 Å². The maximum Gasteiger partial charge on any atom is 0.253 e. The molecule has 5 heteroatoms. The lowest BCUT2D eigenvalue weighted by Gasteiger charge is -2.31. The highest BCUT2D eigenvalue weighted by molar-refractivity contribution is 5.93. The van der Waals surface area contributed by atoms with Crippen molar-refractivity contribution in [3.63, 3.8) is 0 Å². The first-order chi connectivity index (χ1) is 15.9. The van der Waals surface area contributed by atoms with Crippen LogP contribution in [0.2, 0.25) is 0 Å². The minimum atomic E-state index is -0.168. The van der Waals surface area contributed by atoms with E-state index >= 15 is 0 Å². The Morgan fingerprint density at radius 2 is 1.45 bits per heavy atom. The van der Waals surface area contributed by atoms with Crippen molar-refractivity contribution in [3.05, 3.63) is 101 Å². The number of aromatic hydroxyl groups is 1. The van der Waals surface area contributed by atoms with Gasteiger partial charge in [0, 0.05) is 43.9 Å². The number of phenolic OH excluding ortho intramolecular Hbond substituents is 1. The number of likely N-dealkylation sites (tertiary alicyclic amines) is 1. The van der Waals surface area contributed by atoms with Crippen LogP contribution in [0, 0.1) is 5.82 Å². The Labute approximate surface area is 195 Å². The Morgan fingerprint density at radius 1 is 0.909 bits per heavy atom. The summed E-state index contributed by atoms with van der Waals surface area (Å²) in [6.45, 7) is 0.567. The van der Waals surface area contributed by atoms with E-state index in [1.807, 2.05) is 48.5 Å². The van der Waals surface area contributed by atoms with E-state index in [2.05, 4.69) is 4.90 Å². The summed E-state index contributed by atoms with van der Waals surface area (Å²) in [6, 6.07) is 22.8. The van der Waals surface area contributed by atoms with Gasteiger partial charge in [0.25, 0.3) is 5.91 Å². The molecule has 0 unspecified atom stereocenters. The van der Waals surface area contributed by atoms with Crippen molar-refractivity contribution in [2.75, 3.05) is 14.1 Å². The van der Waals surface area contributed by atoms with E-state index in [-0.39, 0.29) is 17.5 Å². The van der Waals surface area contributed by atoms with E-state index in [4.69, 9.17) is 0 Å². The molecule has 4 rings (SSSR count). The molecule has 3 aromatic rings. The summed E-state index contributed by atoms with van der Waals surface area (Å²) < 4.78 is 14.5. The van der Waals surface area contributed by atoms with Crippen molar-refractivity contribution in [3.8, 4) is 5.75 Å². The van der Waals surface area contributed by atoms with Gasteiger partial charge in [0.05, 0.1) is 0 Å². The van der Waals surface area contributed by atoms with Gasteiger partial charge in [0.15, 0.2) is 0 Å². The number of halogens is 1. The number of benzene rings is 3. The molecule has 4 nitrogen and oxygen atoms in total. The van der Waals surface area contributed by atoms with Crippen LogP contribution in [0.25, 0.3) is 0 Å². The highest BCUT2D eigenvalue weighted by Gasteiger charge is 2.33. The summed E-state index contributed by atoms with van der Waals surface area (Å²) in [6.07, 6.45) is 3.80. The zero-order chi connectivity index (χ0) is 23.4. The molecule has 0 saturated carbocycles. The van der Waals surface area contributed by atoms with Crippen molar-refractivity contribution in [1.82, 2.24) is 9.80 Å². The van der Waals surface area contributed by atoms with Crippen LogP contribution in [0.4, 0.5) is 4.39 Å². The Balaban J connectivity index is 1.53. The number of carbonyl (C=O) groups excluding carboxylic acids is 1. The second-order valence-electron chi connectivity index (χ2n) is 9.12. The normalized spacial score (nSPS) is 18.4. The predicted octanol–water partition coefficient (Wildman–Crippen LogP) is 5.05. The molecule has 0 bridgehead atoms. The van der Waals surface area contributed by atoms with Crippen LogP contribution in [-0.2, 0) is 19.4 Å². The summed E-state index contributed by atoms with van der Waals surface area (Å²) in [5.74, 6) is 0.0955. The molecule has 0 aliphatic carbocycles. The number of phenols is 1. The van der Waals surface area contributed by atoms with Gasteiger partial charge < -0.3 is 10.0 Å². The van der Waals surface area contributed by atoms with Crippen LogP contribution in [-0.4, -0.2) is 47.0 Å². The third-order valence-corrected chi connectivity index (χ3v) is 6.57. The Bertz CT molecular complexity index is 1080. The molecular formula is C28H31FN2O2. The minimum absolute atomic E-state index is 0.00226. The molecule has 1 heterocycles. The number of amides is 1. The van der Waals surface area contributed by atoms with Gasteiger partial charge in [-0.15, -0.1) is 0 Å². The number of carbonyl (C=O) groups is 1. The average Bonchev–Trinajstić information content (AvgIpc) is 3.17.